The van der Waals surface area contributed by atoms with E-state index in [-0.39, 0.29) is 30.5 Å². The molecule has 1 aliphatic heterocycles. The van der Waals surface area contributed by atoms with E-state index in [4.69, 9.17) is 15.2 Å². The zero-order chi connectivity index (χ0) is 15.6. The molecule has 1 heterocycles. The summed E-state index contributed by atoms with van der Waals surface area (Å²) >= 11 is 0. The van der Waals surface area contributed by atoms with E-state index in [1.54, 1.807) is 7.11 Å². The Hall–Kier alpha value is -1.72. The average Bonchev–Trinajstić information content (AvgIpc) is 3.02. The quantitative estimate of drug-likeness (QED) is 0.883. The van der Waals surface area contributed by atoms with Gasteiger partial charge in [0, 0.05) is 12.1 Å². The van der Waals surface area contributed by atoms with Crippen LogP contribution in [0.1, 0.15) is 31.2 Å². The molecule has 2 aliphatic rings. The van der Waals surface area contributed by atoms with Crippen molar-refractivity contribution in [2.24, 2.45) is 5.73 Å². The summed E-state index contributed by atoms with van der Waals surface area (Å²) in [6, 6.07) is 5.65. The van der Waals surface area contributed by atoms with Gasteiger partial charge in [-0.3, -0.25) is 4.79 Å². The maximum atomic E-state index is 12.5. The van der Waals surface area contributed by atoms with Crippen molar-refractivity contribution in [2.45, 2.75) is 31.2 Å². The van der Waals surface area contributed by atoms with E-state index in [0.29, 0.717) is 23.6 Å². The Balaban J connectivity index is 0.00000192. The highest BCUT2D eigenvalue weighted by Gasteiger charge is 2.35. The van der Waals surface area contributed by atoms with Gasteiger partial charge in [-0.25, -0.2) is 0 Å². The lowest BCUT2D eigenvalue weighted by atomic mass is 9.96. The van der Waals surface area contributed by atoms with Crippen molar-refractivity contribution >= 4 is 24.4 Å². The van der Waals surface area contributed by atoms with Crippen molar-refractivity contribution in [3.05, 3.63) is 29.3 Å². The van der Waals surface area contributed by atoms with Crippen LogP contribution in [0.15, 0.2) is 23.8 Å². The third-order valence-corrected chi connectivity index (χ3v) is 4.55. The number of hydrogen-bond donors (Lipinski definition) is 2. The van der Waals surface area contributed by atoms with Gasteiger partial charge >= 0.3 is 0 Å². The van der Waals surface area contributed by atoms with Gasteiger partial charge in [0.1, 0.15) is 6.61 Å². The molecule has 1 aromatic rings. The van der Waals surface area contributed by atoms with E-state index in [0.717, 1.165) is 31.2 Å². The molecule has 0 radical (unpaired) electrons. The molecule has 23 heavy (non-hydrogen) atoms. The molecular weight excluding hydrogens is 316 g/mol. The molecule has 126 valence electrons. The number of ether oxygens (including phenoxy) is 2. The number of amides is 1. The van der Waals surface area contributed by atoms with E-state index in [9.17, 15) is 4.79 Å². The second-order valence-corrected chi connectivity index (χ2v) is 5.98. The first kappa shape index (κ1) is 17.6. The molecule has 1 aromatic carbocycles. The first-order chi connectivity index (χ1) is 10.7. The number of rotatable bonds is 4. The molecule has 5 nitrogen and oxygen atoms in total. The number of nitrogens with two attached hydrogens (primary N) is 1. The van der Waals surface area contributed by atoms with Crippen molar-refractivity contribution in [1.29, 1.82) is 0 Å². The van der Waals surface area contributed by atoms with Crippen LogP contribution in [-0.2, 0) is 4.79 Å². The minimum atomic E-state index is -0.243. The zero-order valence-electron chi connectivity index (χ0n) is 13.3. The number of nitrogens with one attached hydrogen (secondary N) is 1. The van der Waals surface area contributed by atoms with E-state index in [1.807, 2.05) is 24.3 Å². The van der Waals surface area contributed by atoms with Gasteiger partial charge < -0.3 is 20.5 Å². The summed E-state index contributed by atoms with van der Waals surface area (Å²) in [6.07, 6.45) is 6.01. The molecule has 3 N–H and O–H groups in total. The largest absolute Gasteiger partial charge is 0.493 e. The predicted octanol–water partition coefficient (Wildman–Crippen LogP) is 2.28. The molecule has 1 saturated carbocycles. The van der Waals surface area contributed by atoms with Crippen LogP contribution in [0.3, 0.4) is 0 Å². The highest BCUT2D eigenvalue weighted by molar-refractivity contribution is 5.99. The summed E-state index contributed by atoms with van der Waals surface area (Å²) in [5, 5.41) is 3.13. The Morgan fingerprint density at radius 1 is 1.39 bits per heavy atom. The van der Waals surface area contributed by atoms with Gasteiger partial charge in [0.15, 0.2) is 11.5 Å². The second kappa shape index (κ2) is 7.23. The molecule has 0 bridgehead atoms. The topological polar surface area (TPSA) is 73.6 Å². The van der Waals surface area contributed by atoms with Gasteiger partial charge in [0.25, 0.3) is 5.91 Å². The average molecular weight is 339 g/mol. The summed E-state index contributed by atoms with van der Waals surface area (Å²) < 4.78 is 11.0. The summed E-state index contributed by atoms with van der Waals surface area (Å²) in [7, 11) is 1.61. The van der Waals surface area contributed by atoms with Crippen LogP contribution >= 0.6 is 12.4 Å². The van der Waals surface area contributed by atoms with Crippen LogP contribution < -0.4 is 20.5 Å². The van der Waals surface area contributed by atoms with Crippen molar-refractivity contribution in [1.82, 2.24) is 5.32 Å². The summed E-state index contributed by atoms with van der Waals surface area (Å²) in [5.74, 6) is 1.29. The Morgan fingerprint density at radius 2 is 2.13 bits per heavy atom. The number of halogens is 1. The van der Waals surface area contributed by atoms with Crippen molar-refractivity contribution in [2.75, 3.05) is 20.3 Å². The van der Waals surface area contributed by atoms with Gasteiger partial charge in [0.2, 0.25) is 0 Å². The van der Waals surface area contributed by atoms with Crippen molar-refractivity contribution < 1.29 is 14.3 Å². The molecular formula is C17H23ClN2O3. The Kier molecular flexibility index (Phi) is 5.55. The highest BCUT2D eigenvalue weighted by atomic mass is 35.5. The van der Waals surface area contributed by atoms with E-state index < -0.39 is 0 Å². The lowest BCUT2D eigenvalue weighted by molar-refractivity contribution is -0.119. The number of methoxy groups -OCH3 is 1. The van der Waals surface area contributed by atoms with Gasteiger partial charge in [0.05, 0.1) is 18.2 Å². The smallest absolute Gasteiger partial charge is 0.251 e. The molecule has 0 atom stereocenters. The molecule has 0 unspecified atom stereocenters. The first-order valence-corrected chi connectivity index (χ1v) is 7.70. The Bertz CT molecular complexity index is 610. The molecule has 6 heteroatoms. The summed E-state index contributed by atoms with van der Waals surface area (Å²) in [5.41, 5.74) is 7.13. The van der Waals surface area contributed by atoms with E-state index in [2.05, 4.69) is 5.32 Å². The van der Waals surface area contributed by atoms with Crippen LogP contribution in [0.25, 0.3) is 6.08 Å². The third-order valence-electron chi connectivity index (χ3n) is 4.55. The van der Waals surface area contributed by atoms with Gasteiger partial charge in [-0.1, -0.05) is 25.0 Å². The van der Waals surface area contributed by atoms with Gasteiger partial charge in [-0.05, 0) is 25.0 Å². The van der Waals surface area contributed by atoms with E-state index >= 15 is 0 Å². The Labute approximate surface area is 142 Å². The second-order valence-electron chi connectivity index (χ2n) is 5.98. The summed E-state index contributed by atoms with van der Waals surface area (Å²) in [4.78, 5) is 12.5. The molecule has 1 amide bonds. The zero-order valence-corrected chi connectivity index (χ0v) is 14.1. The highest BCUT2D eigenvalue weighted by Crippen LogP contribution is 2.36. The number of hydrogen-bond acceptors (Lipinski definition) is 4. The monoisotopic (exact) mass is 338 g/mol. The van der Waals surface area contributed by atoms with Crippen LogP contribution in [-0.4, -0.2) is 31.7 Å². The number of benzene rings is 1. The SMILES string of the molecule is COc1cccc2c1OCC(C(=O)NC1(CN)CCCC1)=C2.Cl. The first-order valence-electron chi connectivity index (χ1n) is 7.70. The van der Waals surface area contributed by atoms with Crippen LogP contribution in [0.2, 0.25) is 0 Å². The molecule has 0 aromatic heterocycles. The number of carbonyl (C=O) groups excluding carboxylic acids is 1. The van der Waals surface area contributed by atoms with Crippen molar-refractivity contribution in [3.63, 3.8) is 0 Å². The lowest BCUT2D eigenvalue weighted by Gasteiger charge is -2.30. The van der Waals surface area contributed by atoms with Crippen molar-refractivity contribution in [3.8, 4) is 11.5 Å². The minimum Gasteiger partial charge on any atom is -0.493 e. The fourth-order valence-electron chi connectivity index (χ4n) is 3.23. The molecule has 1 fully saturated rings. The fourth-order valence-corrected chi connectivity index (χ4v) is 3.23. The molecule has 1 aliphatic carbocycles. The van der Waals surface area contributed by atoms with E-state index in [1.165, 1.54) is 0 Å². The lowest BCUT2D eigenvalue weighted by Crippen LogP contribution is -2.52. The normalized spacial score (nSPS) is 18.1. The maximum absolute atomic E-state index is 12.5. The standard InChI is InChI=1S/C17H22N2O3.ClH/c1-21-14-6-4-5-12-9-13(10-22-15(12)14)16(20)19-17(11-18)7-2-3-8-17;/h4-6,9H,2-3,7-8,10-11,18H2,1H3,(H,19,20);1H. The maximum Gasteiger partial charge on any atom is 0.251 e. The van der Waals surface area contributed by atoms with Gasteiger partial charge in [-0.15, -0.1) is 12.4 Å². The molecule has 3 rings (SSSR count). The fraction of sp³-hybridized carbons (Fsp3) is 0.471. The minimum absolute atomic E-state index is 0. The predicted molar refractivity (Wildman–Crippen MR) is 92.1 cm³/mol. The number of para-hydroxylation sites is 1. The molecule has 0 saturated heterocycles. The third kappa shape index (κ3) is 3.46. The number of fused-ring (bicyclic) bond motifs is 1. The number of carbonyl (C=O) groups is 1. The molecule has 0 spiro atoms. The van der Waals surface area contributed by atoms with Crippen LogP contribution in [0, 0.1) is 0 Å². The summed E-state index contributed by atoms with van der Waals surface area (Å²) in [6.45, 7) is 0.733. The van der Waals surface area contributed by atoms with Crippen LogP contribution in [0.4, 0.5) is 0 Å². The van der Waals surface area contributed by atoms with Crippen LogP contribution in [0.5, 0.6) is 11.5 Å². The van der Waals surface area contributed by atoms with Gasteiger partial charge in [-0.2, -0.15) is 0 Å². The Morgan fingerprint density at radius 3 is 2.78 bits per heavy atom.